The highest BCUT2D eigenvalue weighted by atomic mass is 16.1. The molecule has 0 amide bonds. The predicted octanol–water partition coefficient (Wildman–Crippen LogP) is -0.360. The van der Waals surface area contributed by atoms with Crippen molar-refractivity contribution in [2.45, 2.75) is 0 Å². The predicted molar refractivity (Wildman–Crippen MR) is 97.0 cm³/mol. The number of nitrogens with one attached hydrogen (secondary N) is 3. The molecule has 13 nitrogen and oxygen atoms in total. The summed E-state index contributed by atoms with van der Waals surface area (Å²) in [7, 11) is 0. The van der Waals surface area contributed by atoms with E-state index < -0.39 is 0 Å². The van der Waals surface area contributed by atoms with Crippen LogP contribution in [0.4, 0.5) is 11.8 Å². The molecule has 0 saturated carbocycles. The Bertz CT molecular complexity index is 1150. The van der Waals surface area contributed by atoms with Gasteiger partial charge in [-0.15, -0.1) is 0 Å². The molecular weight excluding hydrogens is 352 g/mol. The fourth-order valence-electron chi connectivity index (χ4n) is 1.90. The van der Waals surface area contributed by atoms with Gasteiger partial charge in [-0.3, -0.25) is 9.78 Å². The summed E-state index contributed by atoms with van der Waals surface area (Å²) in [5, 5.41) is 0. The highest BCUT2D eigenvalue weighted by Gasteiger charge is 2.01. The topological polar surface area (TPSA) is 207 Å². The minimum atomic E-state index is -0.301. The van der Waals surface area contributed by atoms with Crippen LogP contribution in [0.25, 0.3) is 22.3 Å². The highest BCUT2D eigenvalue weighted by molar-refractivity contribution is 5.80. The van der Waals surface area contributed by atoms with Crippen LogP contribution in [0.3, 0.4) is 0 Å². The molecule has 0 saturated heterocycles. The molecule has 5 aromatic rings. The van der Waals surface area contributed by atoms with Crippen molar-refractivity contribution in [2.24, 2.45) is 0 Å². The Kier molecular flexibility index (Phi) is 5.22. The Morgan fingerprint density at radius 3 is 2.15 bits per heavy atom. The van der Waals surface area contributed by atoms with Gasteiger partial charge in [-0.2, -0.15) is 4.98 Å². The van der Waals surface area contributed by atoms with Gasteiger partial charge in [0.15, 0.2) is 22.6 Å². The number of hydrogen-bond donors (Lipinski definition) is 5. The minimum absolute atomic E-state index is 0.0783. The summed E-state index contributed by atoms with van der Waals surface area (Å²) >= 11 is 0. The molecule has 5 rings (SSSR count). The van der Waals surface area contributed by atoms with E-state index >= 15 is 0 Å². The van der Waals surface area contributed by atoms with Crippen LogP contribution in [-0.4, -0.2) is 49.8 Å². The standard InChI is InChI=1S/C5H5N5O.C5H5N5.C4H4N2/c6-5-9-3-2(4(11)10-5)7-1-8-3;6-4-3-5(9-1-7-3)10-2-8-4;1-2-5-4-6-3-1/h1H,(H4,6,7,8,9,10,11);1-2H,(H3,6,7,8,9,10);1-4H. The van der Waals surface area contributed by atoms with Crippen LogP contribution in [0.2, 0.25) is 0 Å². The molecule has 0 aliphatic heterocycles. The molecule has 0 aromatic carbocycles. The van der Waals surface area contributed by atoms with Gasteiger partial charge in [-0.05, 0) is 6.07 Å². The SMILES string of the molecule is Nc1nc2nc[nH]c2c(=O)[nH]1.Nc1ncnc2nc[nH]c12.c1cncnc1. The number of nitrogens with zero attached hydrogens (tertiary/aromatic N) is 7. The van der Waals surface area contributed by atoms with Gasteiger partial charge in [-0.25, -0.2) is 29.9 Å². The summed E-state index contributed by atoms with van der Waals surface area (Å²) in [5.41, 5.74) is 12.4. The number of H-pyrrole nitrogens is 3. The number of nitrogen functional groups attached to an aromatic ring is 2. The lowest BCUT2D eigenvalue weighted by atomic mass is 10.5. The number of hydrogen-bond acceptors (Lipinski definition) is 10. The number of aromatic amines is 3. The van der Waals surface area contributed by atoms with Crippen LogP contribution in [-0.2, 0) is 0 Å². The first-order valence-electron chi connectivity index (χ1n) is 7.43. The molecule has 0 aliphatic rings. The molecule has 5 aromatic heterocycles. The van der Waals surface area contributed by atoms with E-state index in [0.717, 1.165) is 0 Å². The van der Waals surface area contributed by atoms with Crippen molar-refractivity contribution in [2.75, 3.05) is 11.5 Å². The number of rotatable bonds is 0. The van der Waals surface area contributed by atoms with Gasteiger partial charge in [0.05, 0.1) is 12.7 Å². The summed E-state index contributed by atoms with van der Waals surface area (Å²) in [5.74, 6) is 0.511. The van der Waals surface area contributed by atoms with Crippen LogP contribution >= 0.6 is 0 Å². The van der Waals surface area contributed by atoms with Gasteiger partial charge >= 0.3 is 0 Å². The molecule has 27 heavy (non-hydrogen) atoms. The lowest BCUT2D eigenvalue weighted by Gasteiger charge is -1.89. The Balaban J connectivity index is 0.000000122. The Morgan fingerprint density at radius 1 is 0.815 bits per heavy atom. The summed E-state index contributed by atoms with van der Waals surface area (Å²) < 4.78 is 0. The summed E-state index contributed by atoms with van der Waals surface area (Å²) in [4.78, 5) is 45.3. The Hall–Kier alpha value is -4.42. The number of fused-ring (bicyclic) bond motifs is 2. The molecule has 0 bridgehead atoms. The van der Waals surface area contributed by atoms with Gasteiger partial charge in [0, 0.05) is 12.4 Å². The molecule has 0 radical (unpaired) electrons. The second kappa shape index (κ2) is 8.11. The van der Waals surface area contributed by atoms with Crippen LogP contribution in [0, 0.1) is 0 Å². The van der Waals surface area contributed by atoms with Gasteiger partial charge in [0.2, 0.25) is 5.95 Å². The zero-order valence-electron chi connectivity index (χ0n) is 13.7. The van der Waals surface area contributed by atoms with Crippen molar-refractivity contribution in [3.63, 3.8) is 0 Å². The third kappa shape index (κ3) is 4.36. The van der Waals surface area contributed by atoms with E-state index in [1.54, 1.807) is 18.5 Å². The average molecular weight is 366 g/mol. The van der Waals surface area contributed by atoms with E-state index in [9.17, 15) is 4.79 Å². The quantitative estimate of drug-likeness (QED) is 0.240. The van der Waals surface area contributed by atoms with Crippen LogP contribution in [0.5, 0.6) is 0 Å². The molecule has 0 atom stereocenters. The number of aromatic nitrogens is 10. The minimum Gasteiger partial charge on any atom is -0.382 e. The monoisotopic (exact) mass is 366 g/mol. The van der Waals surface area contributed by atoms with E-state index in [-0.39, 0.29) is 11.5 Å². The van der Waals surface area contributed by atoms with Gasteiger partial charge in [0.25, 0.3) is 5.56 Å². The van der Waals surface area contributed by atoms with E-state index in [2.05, 4.69) is 49.8 Å². The first-order valence-corrected chi connectivity index (χ1v) is 7.43. The molecule has 0 aliphatic carbocycles. The third-order valence-electron chi connectivity index (χ3n) is 3.04. The molecule has 5 heterocycles. The maximum atomic E-state index is 11.0. The second-order valence-corrected chi connectivity index (χ2v) is 4.82. The fraction of sp³-hybridized carbons (Fsp3) is 0. The second-order valence-electron chi connectivity index (χ2n) is 4.82. The van der Waals surface area contributed by atoms with Gasteiger partial charge in [0.1, 0.15) is 18.2 Å². The fourth-order valence-corrected chi connectivity index (χ4v) is 1.90. The third-order valence-corrected chi connectivity index (χ3v) is 3.04. The summed E-state index contributed by atoms with van der Waals surface area (Å²) in [6.45, 7) is 0. The largest absolute Gasteiger partial charge is 0.382 e. The average Bonchev–Trinajstić information content (AvgIpc) is 3.34. The number of nitrogens with two attached hydrogens (primary N) is 2. The Morgan fingerprint density at radius 2 is 1.52 bits per heavy atom. The van der Waals surface area contributed by atoms with Crippen molar-refractivity contribution in [1.82, 2.24) is 49.8 Å². The maximum absolute atomic E-state index is 11.0. The van der Waals surface area contributed by atoms with E-state index in [4.69, 9.17) is 11.5 Å². The van der Waals surface area contributed by atoms with Crippen molar-refractivity contribution in [1.29, 1.82) is 0 Å². The van der Waals surface area contributed by atoms with Crippen molar-refractivity contribution in [3.05, 3.63) is 54.1 Å². The number of anilines is 2. The van der Waals surface area contributed by atoms with E-state index in [0.29, 0.717) is 28.1 Å². The summed E-state index contributed by atoms with van der Waals surface area (Å²) in [6.07, 6.45) is 9.20. The number of imidazole rings is 2. The molecule has 0 unspecified atom stereocenters. The van der Waals surface area contributed by atoms with Crippen LogP contribution in [0.1, 0.15) is 0 Å². The lowest BCUT2D eigenvalue weighted by Crippen LogP contribution is -2.10. The first kappa shape index (κ1) is 17.4. The molecule has 13 heteroatoms. The smallest absolute Gasteiger partial charge is 0.278 e. The van der Waals surface area contributed by atoms with Crippen molar-refractivity contribution < 1.29 is 0 Å². The highest BCUT2D eigenvalue weighted by Crippen LogP contribution is 2.09. The molecule has 136 valence electrons. The zero-order chi connectivity index (χ0) is 19.1. The maximum Gasteiger partial charge on any atom is 0.278 e. The normalized spacial score (nSPS) is 9.93. The zero-order valence-corrected chi connectivity index (χ0v) is 13.7. The Labute approximate surface area is 150 Å². The molecule has 7 N–H and O–H groups in total. The molecule has 0 fully saturated rings. The molecule has 0 spiro atoms. The van der Waals surface area contributed by atoms with Crippen LogP contribution in [0.15, 0.2) is 48.6 Å². The van der Waals surface area contributed by atoms with Gasteiger partial charge < -0.3 is 21.4 Å². The lowest BCUT2D eigenvalue weighted by molar-refractivity contribution is 1.17. The molecular formula is C14H14N12O. The van der Waals surface area contributed by atoms with Crippen LogP contribution < -0.4 is 17.0 Å². The van der Waals surface area contributed by atoms with Crippen molar-refractivity contribution >= 4 is 34.1 Å². The summed E-state index contributed by atoms with van der Waals surface area (Å²) in [6, 6.07) is 1.78. The van der Waals surface area contributed by atoms with Gasteiger partial charge in [-0.1, -0.05) is 0 Å². The van der Waals surface area contributed by atoms with E-state index in [1.165, 1.54) is 25.3 Å². The van der Waals surface area contributed by atoms with Crippen molar-refractivity contribution in [3.8, 4) is 0 Å². The first-order chi connectivity index (χ1) is 13.1. The van der Waals surface area contributed by atoms with E-state index in [1.807, 2.05) is 0 Å².